The van der Waals surface area contributed by atoms with Crippen molar-refractivity contribution in [3.63, 3.8) is 0 Å². The molecule has 14 aliphatic carbocycles. The SMILES string of the molecule is CCC(C)(C)C(=O)OCC12CC3CC(CC(C3)C1)C2.CCC(C)(C)C(=O)OCCC12CC3CC(CC(C3)C1)C2.CCC(C)(C)C(=O)OCCCC12CC3CC(CC(C3)C1)C2.CCC(C)C(=O)OCCOC(=O)C1CC2CCC1C2. The number of carbonyl (C=O) groups excluding carboxylic acids is 5. The first-order chi connectivity index (χ1) is 37.4. The molecule has 0 aromatic carbocycles. The van der Waals surface area contributed by atoms with Crippen LogP contribution in [-0.2, 0) is 47.7 Å². The van der Waals surface area contributed by atoms with Crippen LogP contribution in [0.5, 0.6) is 0 Å². The zero-order chi connectivity index (χ0) is 57.0. The number of esters is 5. The Hall–Kier alpha value is -2.65. The van der Waals surface area contributed by atoms with E-state index in [1.165, 1.54) is 141 Å². The minimum atomic E-state index is -0.319. The smallest absolute Gasteiger partial charge is 0.311 e. The molecule has 14 rings (SSSR count). The molecule has 0 aromatic heterocycles. The molecule has 0 aromatic rings. The standard InChI is InChI=1S/C19H32O2.C18H30O2.C17H28O2.C15H24O4/c1-4-18(2,3)17(20)21-7-5-6-19-11-14-8-15(12-19)10-16(9-14)13-19;1-4-17(2,3)16(19)20-6-5-18-10-13-7-14(11-18)9-15(8-13)12-18;1-4-16(2,3)15(18)19-11-17-8-12-5-13(9-17)7-14(6-12)10-17;1-3-10(2)14(16)18-6-7-19-15(17)13-9-11-4-5-12(13)8-11/h14-16H,4-13H2,1-3H3;13-15H,4-12H2,1-3H3;12-14H,4-11H2,1-3H3;10-13H,3-9H2,1-2H3. The lowest BCUT2D eigenvalue weighted by Gasteiger charge is -2.57. The molecule has 14 fully saturated rings. The second kappa shape index (κ2) is 26.1. The third-order valence-corrected chi connectivity index (χ3v) is 23.9. The van der Waals surface area contributed by atoms with Crippen molar-refractivity contribution in [3.8, 4) is 0 Å². The number of fused-ring (bicyclic) bond motifs is 2. The summed E-state index contributed by atoms with van der Waals surface area (Å²) in [5.74, 6) is 9.83. The minimum Gasteiger partial charge on any atom is -0.465 e. The molecule has 14 saturated carbocycles. The van der Waals surface area contributed by atoms with Gasteiger partial charge in [0.2, 0.25) is 0 Å². The number of ether oxygens (including phenoxy) is 5. The van der Waals surface area contributed by atoms with E-state index in [-0.39, 0.29) is 71.1 Å². The molecule has 14 bridgehead atoms. The van der Waals surface area contributed by atoms with Gasteiger partial charge in [-0.2, -0.15) is 0 Å². The molecule has 79 heavy (non-hydrogen) atoms. The van der Waals surface area contributed by atoms with E-state index < -0.39 is 0 Å². The van der Waals surface area contributed by atoms with Gasteiger partial charge in [0.15, 0.2) is 0 Å². The highest BCUT2D eigenvalue weighted by atomic mass is 16.6. The highest BCUT2D eigenvalue weighted by Crippen LogP contribution is 2.63. The summed E-state index contributed by atoms with van der Waals surface area (Å²) in [6.07, 6.45) is 37.4. The van der Waals surface area contributed by atoms with Crippen LogP contribution in [0.3, 0.4) is 0 Å². The van der Waals surface area contributed by atoms with Gasteiger partial charge in [-0.25, -0.2) is 0 Å². The van der Waals surface area contributed by atoms with Crippen LogP contribution < -0.4 is 0 Å². The van der Waals surface area contributed by atoms with Gasteiger partial charge in [-0.1, -0.05) is 41.0 Å². The van der Waals surface area contributed by atoms with Crippen molar-refractivity contribution in [2.45, 2.75) is 262 Å². The van der Waals surface area contributed by atoms with Gasteiger partial charge < -0.3 is 23.7 Å². The normalized spacial score (nSPS) is 36.9. The van der Waals surface area contributed by atoms with Crippen molar-refractivity contribution in [2.24, 2.45) is 109 Å². The maximum absolute atomic E-state index is 12.2. The molecule has 450 valence electrons. The largest absolute Gasteiger partial charge is 0.465 e. The van der Waals surface area contributed by atoms with E-state index in [0.717, 1.165) is 104 Å². The molecule has 4 atom stereocenters. The molecule has 0 amide bonds. The van der Waals surface area contributed by atoms with Crippen molar-refractivity contribution < 1.29 is 47.7 Å². The van der Waals surface area contributed by atoms with Crippen LogP contribution in [0, 0.1) is 109 Å². The van der Waals surface area contributed by atoms with Crippen molar-refractivity contribution in [2.75, 3.05) is 33.0 Å². The molecule has 0 heterocycles. The fourth-order valence-electron chi connectivity index (χ4n) is 19.1. The Morgan fingerprint density at radius 3 is 1.18 bits per heavy atom. The van der Waals surface area contributed by atoms with Gasteiger partial charge in [0.25, 0.3) is 0 Å². The molecular formula is C69H114O10. The van der Waals surface area contributed by atoms with Gasteiger partial charge in [0.05, 0.1) is 47.9 Å². The zero-order valence-corrected chi connectivity index (χ0v) is 52.1. The van der Waals surface area contributed by atoms with Gasteiger partial charge in [-0.05, 0) is 297 Å². The van der Waals surface area contributed by atoms with Gasteiger partial charge in [0.1, 0.15) is 13.2 Å². The van der Waals surface area contributed by atoms with E-state index in [1.807, 2.05) is 55.4 Å². The summed E-state index contributed by atoms with van der Waals surface area (Å²) in [5, 5.41) is 0. The first-order valence-corrected chi connectivity index (χ1v) is 33.2. The van der Waals surface area contributed by atoms with E-state index in [4.69, 9.17) is 23.7 Å². The van der Waals surface area contributed by atoms with Crippen molar-refractivity contribution in [3.05, 3.63) is 0 Å². The number of hydrogen-bond acceptors (Lipinski definition) is 10. The van der Waals surface area contributed by atoms with Gasteiger partial charge in [-0.15, -0.1) is 0 Å². The summed E-state index contributed by atoms with van der Waals surface area (Å²) >= 11 is 0. The minimum absolute atomic E-state index is 0.00532. The second-order valence-corrected chi connectivity index (χ2v) is 31.6. The summed E-state index contributed by atoms with van der Waals surface area (Å²) in [7, 11) is 0. The summed E-state index contributed by atoms with van der Waals surface area (Å²) in [4.78, 5) is 59.5. The highest BCUT2D eigenvalue weighted by Gasteiger charge is 2.54. The van der Waals surface area contributed by atoms with Crippen LogP contribution in [0.1, 0.15) is 262 Å². The molecule has 0 N–H and O–H groups in total. The van der Waals surface area contributed by atoms with E-state index in [2.05, 4.69) is 20.8 Å². The summed E-state index contributed by atoms with van der Waals surface area (Å²) in [6.45, 7) is 24.2. The van der Waals surface area contributed by atoms with Crippen LogP contribution in [0.2, 0.25) is 0 Å². The lowest BCUT2D eigenvalue weighted by molar-refractivity contribution is -0.165. The topological polar surface area (TPSA) is 132 Å². The van der Waals surface area contributed by atoms with Crippen molar-refractivity contribution >= 4 is 29.8 Å². The zero-order valence-electron chi connectivity index (χ0n) is 52.1. The monoisotopic (exact) mass is 1100 g/mol. The highest BCUT2D eigenvalue weighted by molar-refractivity contribution is 5.77. The summed E-state index contributed by atoms with van der Waals surface area (Å²) in [5.41, 5.74) is 0.561. The first kappa shape index (κ1) is 62.4. The lowest BCUT2D eigenvalue weighted by atomic mass is 9.48. The Labute approximate surface area is 480 Å². The van der Waals surface area contributed by atoms with Crippen molar-refractivity contribution in [1.82, 2.24) is 0 Å². The Morgan fingerprint density at radius 1 is 0.418 bits per heavy atom. The Kier molecular flexibility index (Phi) is 20.6. The summed E-state index contributed by atoms with van der Waals surface area (Å²) < 4.78 is 27.1. The first-order valence-electron chi connectivity index (χ1n) is 33.2. The van der Waals surface area contributed by atoms with Crippen LogP contribution in [0.25, 0.3) is 0 Å². The fourth-order valence-corrected chi connectivity index (χ4v) is 19.1. The molecule has 0 radical (unpaired) electrons. The lowest BCUT2D eigenvalue weighted by Crippen LogP contribution is -2.48. The van der Waals surface area contributed by atoms with Crippen molar-refractivity contribution in [1.29, 1.82) is 0 Å². The third-order valence-electron chi connectivity index (χ3n) is 23.9. The third kappa shape index (κ3) is 15.8. The second-order valence-electron chi connectivity index (χ2n) is 31.6. The predicted octanol–water partition coefficient (Wildman–Crippen LogP) is 16.3. The van der Waals surface area contributed by atoms with E-state index in [0.29, 0.717) is 42.0 Å². The molecule has 4 unspecified atom stereocenters. The Balaban J connectivity index is 0.000000139. The van der Waals surface area contributed by atoms with Gasteiger partial charge in [0, 0.05) is 5.41 Å². The average Bonchev–Trinajstić information content (AvgIpc) is 4.13. The molecule has 10 heteroatoms. The van der Waals surface area contributed by atoms with Crippen LogP contribution in [0.15, 0.2) is 0 Å². The molecule has 0 aliphatic heterocycles. The number of carbonyl (C=O) groups is 5. The van der Waals surface area contributed by atoms with Crippen LogP contribution in [-0.4, -0.2) is 62.9 Å². The predicted molar refractivity (Wildman–Crippen MR) is 311 cm³/mol. The van der Waals surface area contributed by atoms with Crippen LogP contribution >= 0.6 is 0 Å². The van der Waals surface area contributed by atoms with Crippen LogP contribution in [0.4, 0.5) is 0 Å². The fraction of sp³-hybridized carbons (Fsp3) is 0.928. The quantitative estimate of drug-likeness (QED) is 0.0622. The molecular weight excluding hydrogens is 989 g/mol. The average molecular weight is 1100 g/mol. The Bertz CT molecular complexity index is 1960. The van der Waals surface area contributed by atoms with Gasteiger partial charge in [-0.3, -0.25) is 24.0 Å². The van der Waals surface area contributed by atoms with E-state index in [9.17, 15) is 24.0 Å². The summed E-state index contributed by atoms with van der Waals surface area (Å²) in [6, 6.07) is 0. The molecule has 0 saturated heterocycles. The number of rotatable bonds is 21. The Morgan fingerprint density at radius 2 is 0.797 bits per heavy atom. The molecule has 14 aliphatic rings. The maximum atomic E-state index is 12.2. The van der Waals surface area contributed by atoms with E-state index in [1.54, 1.807) is 0 Å². The maximum Gasteiger partial charge on any atom is 0.311 e. The molecule has 10 nitrogen and oxygen atoms in total. The van der Waals surface area contributed by atoms with E-state index >= 15 is 0 Å². The molecule has 0 spiro atoms. The van der Waals surface area contributed by atoms with Gasteiger partial charge >= 0.3 is 29.8 Å². The number of hydrogen-bond donors (Lipinski definition) is 0.